The highest BCUT2D eigenvalue weighted by atomic mass is 32.1. The number of anilines is 1. The number of thiophene rings is 1. The van der Waals surface area contributed by atoms with Crippen molar-refractivity contribution in [2.45, 2.75) is 31.4 Å². The number of amides is 2. The number of likely N-dealkylation sites (tertiary alicyclic amines) is 1. The molecule has 0 bridgehead atoms. The summed E-state index contributed by atoms with van der Waals surface area (Å²) in [6.07, 6.45) is 2.62. The average molecular weight is 476 g/mol. The van der Waals surface area contributed by atoms with Crippen molar-refractivity contribution in [3.63, 3.8) is 0 Å². The van der Waals surface area contributed by atoms with Gasteiger partial charge in [0.1, 0.15) is 5.75 Å². The first-order chi connectivity index (χ1) is 16.7. The van der Waals surface area contributed by atoms with Crippen LogP contribution in [0.5, 0.6) is 5.75 Å². The molecule has 0 unspecified atom stereocenters. The Morgan fingerprint density at radius 1 is 0.971 bits per heavy atom. The first-order valence-electron chi connectivity index (χ1n) is 11.9. The third-order valence-electron chi connectivity index (χ3n) is 6.40. The number of benzene rings is 2. The topological polar surface area (TPSA) is 61.9 Å². The molecular formula is C27H29N3O3S. The van der Waals surface area contributed by atoms with Crippen molar-refractivity contribution in [3.05, 3.63) is 82.6 Å². The summed E-state index contributed by atoms with van der Waals surface area (Å²) in [5, 5.41) is 5.24. The summed E-state index contributed by atoms with van der Waals surface area (Å²) in [7, 11) is 0. The Morgan fingerprint density at radius 2 is 1.74 bits per heavy atom. The zero-order valence-corrected chi connectivity index (χ0v) is 19.9. The van der Waals surface area contributed by atoms with Crippen LogP contribution in [0.3, 0.4) is 0 Å². The first kappa shape index (κ1) is 22.5. The van der Waals surface area contributed by atoms with Gasteiger partial charge in [-0.05, 0) is 48.4 Å². The van der Waals surface area contributed by atoms with Crippen LogP contribution in [-0.2, 0) is 9.59 Å². The number of nitrogens with one attached hydrogen (secondary N) is 1. The lowest BCUT2D eigenvalue weighted by molar-refractivity contribution is -0.139. The van der Waals surface area contributed by atoms with Gasteiger partial charge in [-0.3, -0.25) is 9.59 Å². The van der Waals surface area contributed by atoms with Gasteiger partial charge in [-0.1, -0.05) is 48.5 Å². The molecule has 7 heteroatoms. The van der Waals surface area contributed by atoms with E-state index in [0.29, 0.717) is 12.3 Å². The first-order valence-corrected chi connectivity index (χ1v) is 12.7. The van der Waals surface area contributed by atoms with Crippen molar-refractivity contribution >= 4 is 28.8 Å². The van der Waals surface area contributed by atoms with Gasteiger partial charge in [0.25, 0.3) is 5.91 Å². The van der Waals surface area contributed by atoms with Gasteiger partial charge in [0.15, 0.2) is 6.10 Å². The number of hydrogen-bond acceptors (Lipinski definition) is 5. The van der Waals surface area contributed by atoms with Gasteiger partial charge in [0, 0.05) is 18.0 Å². The third kappa shape index (κ3) is 4.94. The van der Waals surface area contributed by atoms with Crippen LogP contribution in [0.4, 0.5) is 5.69 Å². The van der Waals surface area contributed by atoms with Gasteiger partial charge in [-0.15, -0.1) is 11.3 Å². The van der Waals surface area contributed by atoms with E-state index in [9.17, 15) is 9.59 Å². The molecule has 3 aromatic rings. The van der Waals surface area contributed by atoms with Crippen LogP contribution in [0.15, 0.2) is 72.1 Å². The van der Waals surface area contributed by atoms with Crippen molar-refractivity contribution < 1.29 is 14.3 Å². The van der Waals surface area contributed by atoms with Crippen molar-refractivity contribution in [2.75, 3.05) is 31.1 Å². The van der Waals surface area contributed by atoms with Gasteiger partial charge in [0.2, 0.25) is 5.91 Å². The molecule has 1 saturated heterocycles. The quantitative estimate of drug-likeness (QED) is 0.580. The highest BCUT2D eigenvalue weighted by Crippen LogP contribution is 2.34. The summed E-state index contributed by atoms with van der Waals surface area (Å²) in [5.41, 5.74) is 1.88. The smallest absolute Gasteiger partial charge is 0.265 e. The molecule has 0 aliphatic carbocycles. The number of para-hydroxylation sites is 2. The fraction of sp³-hybridized carbons (Fsp3) is 0.333. The molecule has 1 N–H and O–H groups in total. The number of carbonyl (C=O) groups is 2. The molecular weight excluding hydrogens is 446 g/mol. The van der Waals surface area contributed by atoms with E-state index in [1.807, 2.05) is 81.9 Å². The molecule has 2 amide bonds. The summed E-state index contributed by atoms with van der Waals surface area (Å²) in [5.74, 6) is 0.568. The van der Waals surface area contributed by atoms with E-state index in [4.69, 9.17) is 4.74 Å². The molecule has 0 radical (unpaired) electrons. The number of hydrogen-bond donors (Lipinski definition) is 1. The molecule has 2 atom stereocenters. The zero-order chi connectivity index (χ0) is 23.3. The molecule has 176 valence electrons. The highest BCUT2D eigenvalue weighted by molar-refractivity contribution is 7.10. The maximum atomic E-state index is 13.3. The van der Waals surface area contributed by atoms with E-state index in [0.717, 1.165) is 48.5 Å². The Balaban J connectivity index is 1.33. The highest BCUT2D eigenvalue weighted by Gasteiger charge is 2.34. The van der Waals surface area contributed by atoms with Crippen LogP contribution in [0.2, 0.25) is 0 Å². The molecule has 3 heterocycles. The zero-order valence-electron chi connectivity index (χ0n) is 19.1. The van der Waals surface area contributed by atoms with Crippen LogP contribution in [0.25, 0.3) is 0 Å². The van der Waals surface area contributed by atoms with Gasteiger partial charge in [0.05, 0.1) is 24.8 Å². The second kappa shape index (κ2) is 10.3. The van der Waals surface area contributed by atoms with Crippen molar-refractivity contribution in [3.8, 4) is 5.75 Å². The van der Waals surface area contributed by atoms with E-state index in [1.54, 1.807) is 11.3 Å². The summed E-state index contributed by atoms with van der Waals surface area (Å²) in [6, 6.07) is 21.5. The van der Waals surface area contributed by atoms with E-state index in [-0.39, 0.29) is 24.4 Å². The van der Waals surface area contributed by atoms with Crippen LogP contribution < -0.4 is 15.0 Å². The van der Waals surface area contributed by atoms with Gasteiger partial charge >= 0.3 is 0 Å². The van der Waals surface area contributed by atoms with Crippen LogP contribution >= 0.6 is 11.3 Å². The van der Waals surface area contributed by atoms with Gasteiger partial charge in [-0.2, -0.15) is 0 Å². The minimum Gasteiger partial charge on any atom is -0.477 e. The summed E-state index contributed by atoms with van der Waals surface area (Å²) >= 11 is 1.62. The predicted octanol–water partition coefficient (Wildman–Crippen LogP) is 4.23. The average Bonchev–Trinajstić information content (AvgIpc) is 3.42. The van der Waals surface area contributed by atoms with Crippen LogP contribution in [0, 0.1) is 0 Å². The Hall–Kier alpha value is -3.32. The molecule has 34 heavy (non-hydrogen) atoms. The maximum Gasteiger partial charge on any atom is 0.265 e. The van der Waals surface area contributed by atoms with E-state index in [2.05, 4.69) is 5.32 Å². The normalized spacial score (nSPS) is 18.5. The number of ether oxygens (including phenoxy) is 1. The Bertz CT molecular complexity index is 1110. The molecule has 2 aliphatic heterocycles. The minimum atomic E-state index is -0.608. The number of fused-ring (bicyclic) bond motifs is 1. The minimum absolute atomic E-state index is 0.0142. The number of carbonyl (C=O) groups excluding carboxylic acids is 2. The molecule has 2 aliphatic rings. The summed E-state index contributed by atoms with van der Waals surface area (Å²) < 4.78 is 6.11. The lowest BCUT2D eigenvalue weighted by Crippen LogP contribution is -2.53. The van der Waals surface area contributed by atoms with Gasteiger partial charge in [-0.25, -0.2) is 0 Å². The monoisotopic (exact) mass is 475 g/mol. The maximum absolute atomic E-state index is 13.3. The van der Waals surface area contributed by atoms with E-state index in [1.165, 1.54) is 0 Å². The Morgan fingerprint density at radius 3 is 2.50 bits per heavy atom. The number of nitrogens with zero attached hydrogens (tertiary/aromatic N) is 2. The van der Waals surface area contributed by atoms with Gasteiger partial charge < -0.3 is 19.9 Å². The standard InChI is InChI=1S/C27H29N3O3S/c31-25(28-26(24-14-9-17-34-24)20-10-3-1-4-11-20)19-30-18-23(27(32)29-15-7-2-8-16-29)33-22-13-6-5-12-21(22)30/h1,3-6,9-14,17,23,26H,2,7-8,15-16,18-19H2,(H,28,31)/t23-,26-/m0/s1. The second-order valence-electron chi connectivity index (χ2n) is 8.77. The predicted molar refractivity (Wildman–Crippen MR) is 134 cm³/mol. The molecule has 2 aromatic carbocycles. The third-order valence-corrected chi connectivity index (χ3v) is 7.34. The lowest BCUT2D eigenvalue weighted by atomic mass is 10.1. The molecule has 6 nitrogen and oxygen atoms in total. The van der Waals surface area contributed by atoms with Crippen LogP contribution in [0.1, 0.15) is 35.7 Å². The molecule has 0 saturated carbocycles. The van der Waals surface area contributed by atoms with Crippen LogP contribution in [-0.4, -0.2) is 49.0 Å². The van der Waals surface area contributed by atoms with Crippen molar-refractivity contribution in [1.29, 1.82) is 0 Å². The van der Waals surface area contributed by atoms with E-state index < -0.39 is 6.10 Å². The molecule has 0 spiro atoms. The summed E-state index contributed by atoms with van der Waals surface area (Å²) in [4.78, 5) is 31.4. The Kier molecular flexibility index (Phi) is 6.81. The largest absolute Gasteiger partial charge is 0.477 e. The SMILES string of the molecule is O=C(CN1C[C@@H](C(=O)N2CCCCC2)Oc2ccccc21)N[C@@H](c1ccccc1)c1cccs1. The number of rotatable bonds is 6. The lowest BCUT2D eigenvalue weighted by Gasteiger charge is -2.38. The Labute approximate surface area is 204 Å². The van der Waals surface area contributed by atoms with Crippen molar-refractivity contribution in [2.24, 2.45) is 0 Å². The molecule has 1 aromatic heterocycles. The fourth-order valence-electron chi connectivity index (χ4n) is 4.70. The molecule has 5 rings (SSSR count). The second-order valence-corrected chi connectivity index (χ2v) is 9.75. The fourth-order valence-corrected chi connectivity index (χ4v) is 5.51. The van der Waals surface area contributed by atoms with Crippen molar-refractivity contribution in [1.82, 2.24) is 10.2 Å². The molecule has 1 fully saturated rings. The van der Waals surface area contributed by atoms with E-state index >= 15 is 0 Å². The summed E-state index contributed by atoms with van der Waals surface area (Å²) in [6.45, 7) is 2.06. The number of piperidine rings is 1.